The third-order valence-electron chi connectivity index (χ3n) is 3.77. The second kappa shape index (κ2) is 8.32. The first-order valence-corrected chi connectivity index (χ1v) is 8.64. The van der Waals surface area contributed by atoms with E-state index in [0.717, 1.165) is 26.2 Å². The van der Waals surface area contributed by atoms with Crippen LogP contribution in [0.25, 0.3) is 10.4 Å². The minimum absolute atomic E-state index is 0.521. The molecule has 1 heterocycles. The maximum absolute atomic E-state index is 3.63. The molecule has 0 bridgehead atoms. The van der Waals surface area contributed by atoms with Crippen LogP contribution in [0, 0.1) is 0 Å². The predicted octanol–water partition coefficient (Wildman–Crippen LogP) is 4.24. The van der Waals surface area contributed by atoms with E-state index in [-0.39, 0.29) is 0 Å². The average Bonchev–Trinajstić information content (AvgIpc) is 3.00. The smallest absolute Gasteiger partial charge is 0.0346 e. The molecule has 1 aromatic heterocycles. The third-order valence-corrected chi connectivity index (χ3v) is 4.91. The van der Waals surface area contributed by atoms with E-state index in [1.54, 1.807) is 0 Å². The van der Waals surface area contributed by atoms with E-state index >= 15 is 0 Å². The summed E-state index contributed by atoms with van der Waals surface area (Å²) in [5, 5.41) is 3.63. The summed E-state index contributed by atoms with van der Waals surface area (Å²) in [5.41, 5.74) is 1.31. The molecule has 0 fully saturated rings. The van der Waals surface area contributed by atoms with Crippen molar-refractivity contribution >= 4 is 11.3 Å². The molecule has 0 amide bonds. The molecule has 0 aliphatic rings. The van der Waals surface area contributed by atoms with Crippen molar-refractivity contribution in [3.8, 4) is 10.4 Å². The molecule has 114 valence electrons. The van der Waals surface area contributed by atoms with E-state index in [9.17, 15) is 0 Å². The molecule has 0 saturated carbocycles. The van der Waals surface area contributed by atoms with Crippen LogP contribution < -0.4 is 5.32 Å². The van der Waals surface area contributed by atoms with Gasteiger partial charge in [-0.15, -0.1) is 11.3 Å². The Kier molecular flexibility index (Phi) is 6.43. The van der Waals surface area contributed by atoms with Gasteiger partial charge < -0.3 is 10.2 Å². The fourth-order valence-corrected chi connectivity index (χ4v) is 3.40. The summed E-state index contributed by atoms with van der Waals surface area (Å²) in [6.07, 6.45) is 0. The van der Waals surface area contributed by atoms with Crippen LogP contribution in [-0.2, 0) is 6.54 Å². The number of nitrogens with one attached hydrogen (secondary N) is 1. The van der Waals surface area contributed by atoms with Crippen LogP contribution in [0.5, 0.6) is 0 Å². The lowest BCUT2D eigenvalue weighted by Crippen LogP contribution is -2.38. The fourth-order valence-electron chi connectivity index (χ4n) is 2.44. The van der Waals surface area contributed by atoms with Crippen LogP contribution in [0.4, 0.5) is 0 Å². The topological polar surface area (TPSA) is 15.3 Å². The van der Waals surface area contributed by atoms with Crippen molar-refractivity contribution in [3.05, 3.63) is 47.3 Å². The maximum Gasteiger partial charge on any atom is 0.0346 e. The van der Waals surface area contributed by atoms with Crippen molar-refractivity contribution in [2.75, 3.05) is 19.6 Å². The SMILES string of the molecule is CCN(CC)CC(C)NCc1ccc(-c2ccccc2)s1. The molecule has 0 spiro atoms. The van der Waals surface area contributed by atoms with E-state index in [2.05, 4.69) is 73.5 Å². The number of hydrogen-bond donors (Lipinski definition) is 1. The monoisotopic (exact) mass is 302 g/mol. The van der Waals surface area contributed by atoms with Gasteiger partial charge in [-0.05, 0) is 37.7 Å². The summed E-state index contributed by atoms with van der Waals surface area (Å²) < 4.78 is 0. The van der Waals surface area contributed by atoms with Gasteiger partial charge in [0.1, 0.15) is 0 Å². The lowest BCUT2D eigenvalue weighted by molar-refractivity contribution is 0.271. The van der Waals surface area contributed by atoms with Gasteiger partial charge in [-0.2, -0.15) is 0 Å². The minimum Gasteiger partial charge on any atom is -0.308 e. The molecule has 1 atom stereocenters. The Hall–Kier alpha value is -1.16. The fraction of sp³-hybridized carbons (Fsp3) is 0.444. The van der Waals surface area contributed by atoms with Crippen molar-refractivity contribution in [1.82, 2.24) is 10.2 Å². The molecular weight excluding hydrogens is 276 g/mol. The molecule has 1 aromatic carbocycles. The normalized spacial score (nSPS) is 12.8. The second-order valence-electron chi connectivity index (χ2n) is 5.40. The van der Waals surface area contributed by atoms with Gasteiger partial charge in [-0.3, -0.25) is 0 Å². The molecule has 2 nitrogen and oxygen atoms in total. The molecule has 0 aliphatic carbocycles. The van der Waals surface area contributed by atoms with E-state index in [4.69, 9.17) is 0 Å². The van der Waals surface area contributed by atoms with Crippen molar-refractivity contribution < 1.29 is 0 Å². The molecule has 2 aromatic rings. The first-order chi connectivity index (χ1) is 10.2. The van der Waals surface area contributed by atoms with Gasteiger partial charge in [-0.1, -0.05) is 44.2 Å². The second-order valence-corrected chi connectivity index (χ2v) is 6.57. The lowest BCUT2D eigenvalue weighted by atomic mass is 10.2. The number of rotatable bonds is 8. The Morgan fingerprint density at radius 3 is 2.43 bits per heavy atom. The van der Waals surface area contributed by atoms with Crippen LogP contribution in [0.3, 0.4) is 0 Å². The molecule has 0 saturated heterocycles. The Morgan fingerprint density at radius 2 is 1.76 bits per heavy atom. The van der Waals surface area contributed by atoms with E-state index in [0.29, 0.717) is 6.04 Å². The number of hydrogen-bond acceptors (Lipinski definition) is 3. The van der Waals surface area contributed by atoms with Crippen molar-refractivity contribution in [1.29, 1.82) is 0 Å². The Labute approximate surface area is 132 Å². The molecule has 3 heteroatoms. The van der Waals surface area contributed by atoms with Crippen LogP contribution >= 0.6 is 11.3 Å². The highest BCUT2D eigenvalue weighted by molar-refractivity contribution is 7.15. The summed E-state index contributed by atoms with van der Waals surface area (Å²) in [6.45, 7) is 11.0. The highest BCUT2D eigenvalue weighted by atomic mass is 32.1. The van der Waals surface area contributed by atoms with Crippen molar-refractivity contribution in [2.45, 2.75) is 33.4 Å². The Morgan fingerprint density at radius 1 is 1.05 bits per heavy atom. The molecule has 21 heavy (non-hydrogen) atoms. The Bertz CT molecular complexity index is 517. The zero-order valence-corrected chi connectivity index (χ0v) is 14.1. The molecule has 2 rings (SSSR count). The number of benzene rings is 1. The van der Waals surface area contributed by atoms with Crippen LogP contribution in [0.15, 0.2) is 42.5 Å². The zero-order valence-electron chi connectivity index (χ0n) is 13.3. The summed E-state index contributed by atoms with van der Waals surface area (Å²) in [7, 11) is 0. The zero-order chi connectivity index (χ0) is 15.1. The molecule has 0 radical (unpaired) electrons. The Balaban J connectivity index is 1.86. The highest BCUT2D eigenvalue weighted by Gasteiger charge is 2.08. The van der Waals surface area contributed by atoms with Crippen LogP contribution in [0.1, 0.15) is 25.6 Å². The third kappa shape index (κ3) is 4.95. The quantitative estimate of drug-likeness (QED) is 0.785. The van der Waals surface area contributed by atoms with Crippen LogP contribution in [0.2, 0.25) is 0 Å². The van der Waals surface area contributed by atoms with Gasteiger partial charge in [0, 0.05) is 28.9 Å². The van der Waals surface area contributed by atoms with Crippen molar-refractivity contribution in [3.63, 3.8) is 0 Å². The van der Waals surface area contributed by atoms with Crippen LogP contribution in [-0.4, -0.2) is 30.6 Å². The molecule has 1 unspecified atom stereocenters. The van der Waals surface area contributed by atoms with Gasteiger partial charge >= 0.3 is 0 Å². The van der Waals surface area contributed by atoms with Gasteiger partial charge in [0.05, 0.1) is 0 Å². The summed E-state index contributed by atoms with van der Waals surface area (Å²) in [5.74, 6) is 0. The van der Waals surface area contributed by atoms with E-state index < -0.39 is 0 Å². The minimum atomic E-state index is 0.521. The maximum atomic E-state index is 3.63. The largest absolute Gasteiger partial charge is 0.308 e. The van der Waals surface area contributed by atoms with Crippen molar-refractivity contribution in [2.24, 2.45) is 0 Å². The standard InChI is InChI=1S/C18H26N2S/c1-4-20(5-2)14-15(3)19-13-17-11-12-18(21-17)16-9-7-6-8-10-16/h6-12,15,19H,4-5,13-14H2,1-3H3. The van der Waals surface area contributed by atoms with E-state index in [1.165, 1.54) is 15.3 Å². The number of likely N-dealkylation sites (N-methyl/N-ethyl adjacent to an activating group) is 1. The molecule has 0 aliphatic heterocycles. The predicted molar refractivity (Wildman–Crippen MR) is 93.8 cm³/mol. The van der Waals surface area contributed by atoms with Gasteiger partial charge in [-0.25, -0.2) is 0 Å². The summed E-state index contributed by atoms with van der Waals surface area (Å²) in [4.78, 5) is 5.21. The van der Waals surface area contributed by atoms with Gasteiger partial charge in [0.2, 0.25) is 0 Å². The highest BCUT2D eigenvalue weighted by Crippen LogP contribution is 2.27. The summed E-state index contributed by atoms with van der Waals surface area (Å²) >= 11 is 1.88. The molecule has 1 N–H and O–H groups in total. The summed E-state index contributed by atoms with van der Waals surface area (Å²) in [6, 6.07) is 15.6. The first-order valence-electron chi connectivity index (χ1n) is 7.82. The first kappa shape index (κ1) is 16.2. The number of thiophene rings is 1. The number of nitrogens with zero attached hydrogens (tertiary/aromatic N) is 1. The van der Waals surface area contributed by atoms with Gasteiger partial charge in [0.25, 0.3) is 0 Å². The van der Waals surface area contributed by atoms with Gasteiger partial charge in [0.15, 0.2) is 0 Å². The van der Waals surface area contributed by atoms with E-state index in [1.807, 2.05) is 11.3 Å². The average molecular weight is 302 g/mol. The lowest BCUT2D eigenvalue weighted by Gasteiger charge is -2.23. The molecular formula is C18H26N2S.